The van der Waals surface area contributed by atoms with Crippen LogP contribution in [-0.4, -0.2) is 11.0 Å². The van der Waals surface area contributed by atoms with Crippen LogP contribution in [0.25, 0.3) is 11.3 Å². The van der Waals surface area contributed by atoms with E-state index in [2.05, 4.69) is 24.1 Å². The maximum atomic E-state index is 5.21. The van der Waals surface area contributed by atoms with Crippen LogP contribution in [-0.2, 0) is 0 Å². The van der Waals surface area contributed by atoms with Crippen LogP contribution in [0.3, 0.4) is 0 Å². The van der Waals surface area contributed by atoms with Crippen LogP contribution in [0.15, 0.2) is 41.3 Å². The number of nitrogens with one attached hydrogen (secondary N) is 1. The zero-order chi connectivity index (χ0) is 10.7. The average Bonchev–Trinajstić information content (AvgIpc) is 2.71. The average molecular weight is 202 g/mol. The Hall–Kier alpha value is -1.77. The Morgan fingerprint density at radius 1 is 1.20 bits per heavy atom. The number of benzene rings is 1. The molecule has 1 N–H and O–H groups in total. The van der Waals surface area contributed by atoms with E-state index in [4.69, 9.17) is 4.42 Å². The molecule has 2 rings (SSSR count). The molecular formula is C12H14N2O. The zero-order valence-electron chi connectivity index (χ0n) is 8.90. The van der Waals surface area contributed by atoms with E-state index in [1.807, 2.05) is 24.3 Å². The van der Waals surface area contributed by atoms with Crippen molar-refractivity contribution in [3.8, 4) is 11.3 Å². The van der Waals surface area contributed by atoms with Gasteiger partial charge in [0, 0.05) is 17.3 Å². The molecule has 0 bridgehead atoms. The smallest absolute Gasteiger partial charge is 0.181 e. The van der Waals surface area contributed by atoms with Crippen molar-refractivity contribution in [2.75, 3.05) is 5.32 Å². The molecule has 1 heterocycles. The minimum absolute atomic E-state index is 0.445. The standard InChI is InChI=1S/C12H14N2O/c1-9(2)14-11-5-3-10(4-6-11)12-7-13-8-15-12/h3-9,14H,1-2H3. The van der Waals surface area contributed by atoms with E-state index < -0.39 is 0 Å². The lowest BCUT2D eigenvalue weighted by molar-refractivity contribution is 0.572. The largest absolute Gasteiger partial charge is 0.444 e. The molecule has 0 aliphatic carbocycles. The highest BCUT2D eigenvalue weighted by Gasteiger charge is 2.01. The van der Waals surface area contributed by atoms with E-state index in [1.54, 1.807) is 6.20 Å². The predicted molar refractivity (Wildman–Crippen MR) is 60.7 cm³/mol. The van der Waals surface area contributed by atoms with Crippen LogP contribution in [0.4, 0.5) is 5.69 Å². The number of nitrogens with zero attached hydrogens (tertiary/aromatic N) is 1. The molecule has 0 amide bonds. The van der Waals surface area contributed by atoms with Gasteiger partial charge in [0.15, 0.2) is 12.2 Å². The van der Waals surface area contributed by atoms with Crippen molar-refractivity contribution in [3.05, 3.63) is 36.9 Å². The van der Waals surface area contributed by atoms with Gasteiger partial charge < -0.3 is 9.73 Å². The first-order valence-electron chi connectivity index (χ1n) is 5.01. The lowest BCUT2D eigenvalue weighted by atomic mass is 10.1. The van der Waals surface area contributed by atoms with E-state index in [0.717, 1.165) is 17.0 Å². The Labute approximate surface area is 89.1 Å². The molecule has 1 aromatic heterocycles. The molecule has 15 heavy (non-hydrogen) atoms. The van der Waals surface area contributed by atoms with Crippen molar-refractivity contribution in [3.63, 3.8) is 0 Å². The van der Waals surface area contributed by atoms with Gasteiger partial charge in [0.1, 0.15) is 0 Å². The van der Waals surface area contributed by atoms with Gasteiger partial charge in [-0.15, -0.1) is 0 Å². The quantitative estimate of drug-likeness (QED) is 0.830. The highest BCUT2D eigenvalue weighted by Crippen LogP contribution is 2.20. The van der Waals surface area contributed by atoms with E-state index in [9.17, 15) is 0 Å². The summed E-state index contributed by atoms with van der Waals surface area (Å²) in [6.07, 6.45) is 3.15. The Balaban J connectivity index is 2.17. The highest BCUT2D eigenvalue weighted by atomic mass is 16.3. The normalized spacial score (nSPS) is 10.6. The second-order valence-electron chi connectivity index (χ2n) is 3.74. The molecule has 0 aliphatic heterocycles. The Morgan fingerprint density at radius 2 is 1.93 bits per heavy atom. The maximum Gasteiger partial charge on any atom is 0.181 e. The van der Waals surface area contributed by atoms with E-state index >= 15 is 0 Å². The van der Waals surface area contributed by atoms with Crippen molar-refractivity contribution in [2.24, 2.45) is 0 Å². The Morgan fingerprint density at radius 3 is 2.47 bits per heavy atom. The third-order valence-corrected chi connectivity index (χ3v) is 2.06. The summed E-state index contributed by atoms with van der Waals surface area (Å²) in [6, 6.07) is 8.56. The van der Waals surface area contributed by atoms with Crippen molar-refractivity contribution in [2.45, 2.75) is 19.9 Å². The SMILES string of the molecule is CC(C)Nc1ccc(-c2cnco2)cc1. The minimum Gasteiger partial charge on any atom is -0.444 e. The van der Waals surface area contributed by atoms with Crippen LogP contribution in [0, 0.1) is 0 Å². The Bertz CT molecular complexity index is 404. The van der Waals surface area contributed by atoms with Gasteiger partial charge in [-0.05, 0) is 38.1 Å². The second kappa shape index (κ2) is 4.17. The van der Waals surface area contributed by atoms with Crippen LogP contribution in [0.1, 0.15) is 13.8 Å². The fourth-order valence-corrected chi connectivity index (χ4v) is 1.42. The highest BCUT2D eigenvalue weighted by molar-refractivity contribution is 5.60. The summed E-state index contributed by atoms with van der Waals surface area (Å²) in [6.45, 7) is 4.23. The van der Waals surface area contributed by atoms with Gasteiger partial charge in [-0.2, -0.15) is 0 Å². The molecule has 0 saturated carbocycles. The first-order chi connectivity index (χ1) is 7.25. The Kier molecular flexibility index (Phi) is 2.72. The van der Waals surface area contributed by atoms with Crippen LogP contribution >= 0.6 is 0 Å². The minimum atomic E-state index is 0.445. The molecule has 0 saturated heterocycles. The summed E-state index contributed by atoms with van der Waals surface area (Å²) >= 11 is 0. The second-order valence-corrected chi connectivity index (χ2v) is 3.74. The molecule has 0 radical (unpaired) electrons. The molecule has 0 spiro atoms. The van der Waals surface area contributed by atoms with Crippen molar-refractivity contribution >= 4 is 5.69 Å². The van der Waals surface area contributed by atoms with E-state index in [-0.39, 0.29) is 0 Å². The summed E-state index contributed by atoms with van der Waals surface area (Å²) in [5.74, 6) is 0.797. The maximum absolute atomic E-state index is 5.21. The number of hydrogen-bond acceptors (Lipinski definition) is 3. The molecule has 3 nitrogen and oxygen atoms in total. The molecule has 0 atom stereocenters. The van der Waals surface area contributed by atoms with Crippen molar-refractivity contribution in [1.82, 2.24) is 4.98 Å². The van der Waals surface area contributed by atoms with Gasteiger partial charge in [0.25, 0.3) is 0 Å². The summed E-state index contributed by atoms with van der Waals surface area (Å²) in [4.78, 5) is 3.89. The monoisotopic (exact) mass is 202 g/mol. The summed E-state index contributed by atoms with van der Waals surface area (Å²) in [5.41, 5.74) is 2.16. The number of rotatable bonds is 3. The summed E-state index contributed by atoms with van der Waals surface area (Å²) in [5, 5.41) is 3.33. The fraction of sp³-hybridized carbons (Fsp3) is 0.250. The molecular weight excluding hydrogens is 188 g/mol. The van der Waals surface area contributed by atoms with Crippen LogP contribution in [0.2, 0.25) is 0 Å². The molecule has 0 fully saturated rings. The van der Waals surface area contributed by atoms with Crippen LogP contribution in [0.5, 0.6) is 0 Å². The summed E-state index contributed by atoms with van der Waals surface area (Å²) in [7, 11) is 0. The number of hydrogen-bond donors (Lipinski definition) is 1. The van der Waals surface area contributed by atoms with Gasteiger partial charge in [-0.25, -0.2) is 4.98 Å². The third-order valence-electron chi connectivity index (χ3n) is 2.06. The third kappa shape index (κ3) is 2.37. The summed E-state index contributed by atoms with van der Waals surface area (Å²) < 4.78 is 5.21. The first kappa shape index (κ1) is 9.77. The van der Waals surface area contributed by atoms with E-state index in [1.165, 1.54) is 6.39 Å². The number of oxazole rings is 1. The lowest BCUT2D eigenvalue weighted by Gasteiger charge is -2.09. The topological polar surface area (TPSA) is 38.1 Å². The molecule has 78 valence electrons. The van der Waals surface area contributed by atoms with Crippen LogP contribution < -0.4 is 5.32 Å². The fourth-order valence-electron chi connectivity index (χ4n) is 1.42. The predicted octanol–water partition coefficient (Wildman–Crippen LogP) is 3.16. The van der Waals surface area contributed by atoms with Gasteiger partial charge in [0.05, 0.1) is 6.20 Å². The van der Waals surface area contributed by atoms with Gasteiger partial charge in [0.2, 0.25) is 0 Å². The van der Waals surface area contributed by atoms with Crippen molar-refractivity contribution < 1.29 is 4.42 Å². The molecule has 0 unspecified atom stereocenters. The molecule has 1 aromatic carbocycles. The first-order valence-corrected chi connectivity index (χ1v) is 5.01. The van der Waals surface area contributed by atoms with Gasteiger partial charge in [-0.3, -0.25) is 0 Å². The van der Waals surface area contributed by atoms with Gasteiger partial charge >= 0.3 is 0 Å². The molecule has 3 heteroatoms. The van der Waals surface area contributed by atoms with Crippen molar-refractivity contribution in [1.29, 1.82) is 0 Å². The lowest BCUT2D eigenvalue weighted by Crippen LogP contribution is -2.09. The zero-order valence-corrected chi connectivity index (χ0v) is 8.90. The van der Waals surface area contributed by atoms with E-state index in [0.29, 0.717) is 6.04 Å². The molecule has 2 aromatic rings. The number of aromatic nitrogens is 1. The van der Waals surface area contributed by atoms with Gasteiger partial charge in [-0.1, -0.05) is 0 Å². The molecule has 0 aliphatic rings. The number of anilines is 1.